The molecular formula is C16H22Cl2IN5O. The Morgan fingerprint density at radius 3 is 2.52 bits per heavy atom. The summed E-state index contributed by atoms with van der Waals surface area (Å²) < 4.78 is 1.73. The molecule has 138 valence electrons. The van der Waals surface area contributed by atoms with Crippen molar-refractivity contribution in [1.82, 2.24) is 20.4 Å². The molecule has 3 N–H and O–H groups in total. The molecule has 0 saturated heterocycles. The number of aromatic nitrogens is 2. The Morgan fingerprint density at radius 2 is 1.96 bits per heavy atom. The predicted octanol–water partition coefficient (Wildman–Crippen LogP) is 3.13. The van der Waals surface area contributed by atoms with Gasteiger partial charge in [-0.25, -0.2) is 4.99 Å². The molecule has 9 heteroatoms. The van der Waals surface area contributed by atoms with Gasteiger partial charge in [0.15, 0.2) is 5.96 Å². The zero-order chi connectivity index (χ0) is 17.5. The molecule has 1 aromatic heterocycles. The first kappa shape index (κ1) is 22.0. The van der Waals surface area contributed by atoms with Crippen molar-refractivity contribution in [2.24, 2.45) is 12.0 Å². The summed E-state index contributed by atoms with van der Waals surface area (Å²) in [5.74, 6) is 0.619. The maximum absolute atomic E-state index is 10.3. The molecule has 2 rings (SSSR count). The average Bonchev–Trinajstić information content (AvgIpc) is 2.94. The summed E-state index contributed by atoms with van der Waals surface area (Å²) in [6.07, 6.45) is 2.94. The number of benzene rings is 1. The number of rotatable bonds is 6. The van der Waals surface area contributed by atoms with Crippen molar-refractivity contribution in [2.45, 2.75) is 19.6 Å². The Hall–Kier alpha value is -1.03. The lowest BCUT2D eigenvalue weighted by Crippen LogP contribution is -2.39. The zero-order valence-electron chi connectivity index (χ0n) is 14.0. The van der Waals surface area contributed by atoms with Gasteiger partial charge in [-0.15, -0.1) is 24.0 Å². The van der Waals surface area contributed by atoms with Crippen LogP contribution in [0, 0.1) is 0 Å². The summed E-state index contributed by atoms with van der Waals surface area (Å²) in [5, 5.41) is 21.6. The second-order valence-electron chi connectivity index (χ2n) is 5.32. The average molecular weight is 498 g/mol. The Bertz CT molecular complexity index is 687. The normalized spacial score (nSPS) is 12.4. The third-order valence-electron chi connectivity index (χ3n) is 3.25. The number of guanidine groups is 1. The molecule has 0 aliphatic heterocycles. The predicted molar refractivity (Wildman–Crippen MR) is 113 cm³/mol. The van der Waals surface area contributed by atoms with Gasteiger partial charge in [-0.05, 0) is 30.7 Å². The van der Waals surface area contributed by atoms with E-state index >= 15 is 0 Å². The lowest BCUT2D eigenvalue weighted by atomic mass is 10.1. The second kappa shape index (κ2) is 10.8. The molecule has 0 spiro atoms. The summed E-state index contributed by atoms with van der Waals surface area (Å²) in [4.78, 5) is 4.48. The third kappa shape index (κ3) is 7.39. The minimum absolute atomic E-state index is 0. The number of halogens is 3. The lowest BCUT2D eigenvalue weighted by molar-refractivity contribution is 0.181. The number of hydrogen-bond acceptors (Lipinski definition) is 3. The van der Waals surface area contributed by atoms with Crippen LogP contribution in [0.4, 0.5) is 0 Å². The lowest BCUT2D eigenvalue weighted by Gasteiger charge is -2.16. The highest BCUT2D eigenvalue weighted by atomic mass is 127. The molecule has 0 radical (unpaired) electrons. The number of aliphatic imine (C=N–C) groups is 1. The quantitative estimate of drug-likeness (QED) is 0.325. The second-order valence-corrected chi connectivity index (χ2v) is 6.19. The molecule has 1 aromatic carbocycles. The van der Waals surface area contributed by atoms with E-state index in [1.807, 2.05) is 20.2 Å². The van der Waals surface area contributed by atoms with Crippen LogP contribution in [0.2, 0.25) is 10.0 Å². The van der Waals surface area contributed by atoms with E-state index in [-0.39, 0.29) is 30.5 Å². The number of nitrogens with one attached hydrogen (secondary N) is 2. The molecule has 0 aliphatic rings. The van der Waals surface area contributed by atoms with Gasteiger partial charge >= 0.3 is 0 Å². The Morgan fingerprint density at radius 1 is 1.28 bits per heavy atom. The van der Waals surface area contributed by atoms with Crippen LogP contribution in [-0.4, -0.2) is 33.9 Å². The SMILES string of the molecule is CCNC(=NCc1cnn(C)c1)NCC(O)c1cc(Cl)cc(Cl)c1.I. The summed E-state index contributed by atoms with van der Waals surface area (Å²) in [6.45, 7) is 3.49. The number of aryl methyl sites for hydroxylation is 1. The zero-order valence-corrected chi connectivity index (χ0v) is 17.9. The largest absolute Gasteiger partial charge is 0.387 e. The van der Waals surface area contributed by atoms with Gasteiger partial charge in [-0.3, -0.25) is 4.68 Å². The first-order chi connectivity index (χ1) is 11.5. The molecule has 1 atom stereocenters. The highest BCUT2D eigenvalue weighted by Gasteiger charge is 2.10. The summed E-state index contributed by atoms with van der Waals surface area (Å²) in [6, 6.07) is 5.02. The van der Waals surface area contributed by atoms with Crippen molar-refractivity contribution in [3.63, 3.8) is 0 Å². The van der Waals surface area contributed by atoms with Gasteiger partial charge in [0.2, 0.25) is 0 Å². The molecule has 0 aliphatic carbocycles. The Balaban J connectivity index is 0.00000312. The first-order valence-electron chi connectivity index (χ1n) is 7.61. The maximum atomic E-state index is 10.3. The van der Waals surface area contributed by atoms with Crippen LogP contribution in [0.5, 0.6) is 0 Å². The van der Waals surface area contributed by atoms with Crippen LogP contribution in [0.3, 0.4) is 0 Å². The highest BCUT2D eigenvalue weighted by Crippen LogP contribution is 2.23. The van der Waals surface area contributed by atoms with Gasteiger partial charge in [-0.2, -0.15) is 5.10 Å². The van der Waals surface area contributed by atoms with Crippen molar-refractivity contribution in [3.8, 4) is 0 Å². The van der Waals surface area contributed by atoms with Gasteiger partial charge in [0.1, 0.15) is 0 Å². The number of hydrogen-bond donors (Lipinski definition) is 3. The minimum Gasteiger partial charge on any atom is -0.387 e. The van der Waals surface area contributed by atoms with Crippen LogP contribution >= 0.6 is 47.2 Å². The van der Waals surface area contributed by atoms with Crippen molar-refractivity contribution in [1.29, 1.82) is 0 Å². The monoisotopic (exact) mass is 497 g/mol. The van der Waals surface area contributed by atoms with Crippen molar-refractivity contribution >= 4 is 53.1 Å². The highest BCUT2D eigenvalue weighted by molar-refractivity contribution is 14.0. The molecule has 0 saturated carbocycles. The maximum Gasteiger partial charge on any atom is 0.191 e. The van der Waals surface area contributed by atoms with Gasteiger partial charge in [0, 0.05) is 41.9 Å². The fourth-order valence-electron chi connectivity index (χ4n) is 2.14. The van der Waals surface area contributed by atoms with Crippen LogP contribution in [0.1, 0.15) is 24.2 Å². The van der Waals surface area contributed by atoms with E-state index < -0.39 is 6.10 Å². The molecule has 1 unspecified atom stereocenters. The van der Waals surface area contributed by atoms with E-state index in [0.717, 1.165) is 12.1 Å². The molecule has 2 aromatic rings. The van der Waals surface area contributed by atoms with Crippen LogP contribution in [-0.2, 0) is 13.6 Å². The smallest absolute Gasteiger partial charge is 0.191 e. The standard InChI is InChI=1S/C16H21Cl2N5O.HI/c1-3-19-16(20-7-11-8-22-23(2)10-11)21-9-15(24)12-4-13(17)6-14(18)5-12;/h4-6,8,10,15,24H,3,7,9H2,1-2H3,(H2,19,20,21);1H. The van der Waals surface area contributed by atoms with Crippen LogP contribution in [0.15, 0.2) is 35.6 Å². The van der Waals surface area contributed by atoms with Gasteiger partial charge in [0.25, 0.3) is 0 Å². The van der Waals surface area contributed by atoms with Crippen molar-refractivity contribution in [2.75, 3.05) is 13.1 Å². The molecular weight excluding hydrogens is 476 g/mol. The van der Waals surface area contributed by atoms with Crippen molar-refractivity contribution in [3.05, 3.63) is 51.8 Å². The molecule has 6 nitrogen and oxygen atoms in total. The molecule has 25 heavy (non-hydrogen) atoms. The van der Waals surface area contributed by atoms with Gasteiger partial charge in [0.05, 0.1) is 18.8 Å². The van der Waals surface area contributed by atoms with E-state index in [0.29, 0.717) is 28.1 Å². The number of nitrogens with zero attached hydrogens (tertiary/aromatic N) is 3. The molecule has 0 amide bonds. The molecule has 1 heterocycles. The van der Waals surface area contributed by atoms with Crippen LogP contribution in [0.25, 0.3) is 0 Å². The Kier molecular flexibility index (Phi) is 9.55. The Labute approximate surface area is 174 Å². The number of aliphatic hydroxyl groups excluding tert-OH is 1. The molecule has 0 fully saturated rings. The van der Waals surface area contributed by atoms with E-state index in [4.69, 9.17) is 23.2 Å². The van der Waals surface area contributed by atoms with E-state index in [9.17, 15) is 5.11 Å². The van der Waals surface area contributed by atoms with Crippen LogP contribution < -0.4 is 10.6 Å². The van der Waals surface area contributed by atoms with Crippen molar-refractivity contribution < 1.29 is 5.11 Å². The minimum atomic E-state index is -0.747. The fourth-order valence-corrected chi connectivity index (χ4v) is 2.69. The van der Waals surface area contributed by atoms with E-state index in [1.165, 1.54) is 0 Å². The number of aliphatic hydroxyl groups is 1. The first-order valence-corrected chi connectivity index (χ1v) is 8.37. The molecule has 0 bridgehead atoms. The fraction of sp³-hybridized carbons (Fsp3) is 0.375. The summed E-state index contributed by atoms with van der Waals surface area (Å²) in [5.41, 5.74) is 1.67. The van der Waals surface area contributed by atoms with E-state index in [2.05, 4.69) is 20.7 Å². The van der Waals surface area contributed by atoms with E-state index in [1.54, 1.807) is 29.1 Å². The van der Waals surface area contributed by atoms with Gasteiger partial charge < -0.3 is 15.7 Å². The summed E-state index contributed by atoms with van der Waals surface area (Å²) in [7, 11) is 1.86. The topological polar surface area (TPSA) is 74.5 Å². The van der Waals surface area contributed by atoms with Gasteiger partial charge in [-0.1, -0.05) is 23.2 Å². The third-order valence-corrected chi connectivity index (χ3v) is 3.69. The summed E-state index contributed by atoms with van der Waals surface area (Å²) >= 11 is 11.9.